The molecule has 1 atom stereocenters. The van der Waals surface area contributed by atoms with Gasteiger partial charge in [0.1, 0.15) is 0 Å². The molecule has 8 heteroatoms. The molecular formula is C18H26N6OS. The Labute approximate surface area is 157 Å². The fourth-order valence-corrected chi connectivity index (χ4v) is 3.45. The van der Waals surface area contributed by atoms with Crippen molar-refractivity contribution in [1.29, 1.82) is 0 Å². The number of urea groups is 1. The van der Waals surface area contributed by atoms with Crippen molar-refractivity contribution in [2.75, 3.05) is 12.3 Å². The lowest BCUT2D eigenvalue weighted by molar-refractivity contribution is 0.241. The Morgan fingerprint density at radius 2 is 2.08 bits per heavy atom. The number of thiazole rings is 1. The van der Waals surface area contributed by atoms with E-state index in [1.807, 2.05) is 44.2 Å². The van der Waals surface area contributed by atoms with E-state index in [2.05, 4.69) is 20.6 Å². The van der Waals surface area contributed by atoms with Crippen LogP contribution < -0.4 is 22.1 Å². The Bertz CT molecular complexity index is 743. The quantitative estimate of drug-likeness (QED) is 0.338. The SMILES string of the molecule is CCC(NC(=O)NC(N)=NCCCc1sc(N)nc1C)c1ccccc1. The zero-order valence-electron chi connectivity index (χ0n) is 15.2. The number of aromatic nitrogens is 1. The van der Waals surface area contributed by atoms with Gasteiger partial charge < -0.3 is 16.8 Å². The summed E-state index contributed by atoms with van der Waals surface area (Å²) in [6.45, 7) is 4.49. The molecule has 0 bridgehead atoms. The van der Waals surface area contributed by atoms with Crippen LogP contribution in [0.15, 0.2) is 35.3 Å². The van der Waals surface area contributed by atoms with E-state index in [9.17, 15) is 4.79 Å². The molecule has 0 fully saturated rings. The Hall–Kier alpha value is -2.61. The van der Waals surface area contributed by atoms with E-state index in [1.54, 1.807) is 0 Å². The van der Waals surface area contributed by atoms with Crippen LogP contribution in [-0.2, 0) is 6.42 Å². The number of nitrogens with one attached hydrogen (secondary N) is 2. The summed E-state index contributed by atoms with van der Waals surface area (Å²) >= 11 is 1.50. The lowest BCUT2D eigenvalue weighted by atomic mass is 10.1. The number of aryl methyl sites for hydroxylation is 2. The number of nitrogens with zero attached hydrogens (tertiary/aromatic N) is 2. The molecule has 0 aliphatic carbocycles. The van der Waals surface area contributed by atoms with Crippen LogP contribution in [0, 0.1) is 6.92 Å². The number of hydrogen-bond donors (Lipinski definition) is 4. The van der Waals surface area contributed by atoms with E-state index in [0.717, 1.165) is 35.4 Å². The smallest absolute Gasteiger partial charge is 0.322 e. The van der Waals surface area contributed by atoms with Gasteiger partial charge in [-0.1, -0.05) is 37.3 Å². The van der Waals surface area contributed by atoms with Crippen LogP contribution >= 0.6 is 11.3 Å². The van der Waals surface area contributed by atoms with Crippen molar-refractivity contribution < 1.29 is 4.79 Å². The number of benzene rings is 1. The predicted octanol–water partition coefficient (Wildman–Crippen LogP) is 2.73. The molecule has 0 radical (unpaired) electrons. The average Bonchev–Trinajstić information content (AvgIpc) is 2.94. The number of nitrogen functional groups attached to an aromatic ring is 1. The topological polar surface area (TPSA) is 118 Å². The monoisotopic (exact) mass is 374 g/mol. The molecule has 0 aliphatic heterocycles. The van der Waals surface area contributed by atoms with Gasteiger partial charge in [-0.2, -0.15) is 0 Å². The molecule has 7 nitrogen and oxygen atoms in total. The third-order valence-corrected chi connectivity index (χ3v) is 4.96. The third kappa shape index (κ3) is 6.03. The molecule has 2 rings (SSSR count). The first-order valence-electron chi connectivity index (χ1n) is 8.63. The first-order chi connectivity index (χ1) is 12.5. The van der Waals surface area contributed by atoms with Crippen LogP contribution in [0.4, 0.5) is 9.93 Å². The zero-order chi connectivity index (χ0) is 18.9. The lowest BCUT2D eigenvalue weighted by Gasteiger charge is -2.17. The van der Waals surface area contributed by atoms with Crippen LogP contribution in [0.2, 0.25) is 0 Å². The number of aliphatic imine (C=N–C) groups is 1. The summed E-state index contributed by atoms with van der Waals surface area (Å²) < 4.78 is 0. The highest BCUT2D eigenvalue weighted by molar-refractivity contribution is 7.15. The Balaban J connectivity index is 1.76. The van der Waals surface area contributed by atoms with E-state index in [4.69, 9.17) is 11.5 Å². The van der Waals surface area contributed by atoms with Crippen molar-refractivity contribution in [2.45, 2.75) is 39.2 Å². The maximum Gasteiger partial charge on any atom is 0.322 e. The number of carbonyl (C=O) groups excluding carboxylic acids is 1. The number of anilines is 1. The van der Waals surface area contributed by atoms with E-state index < -0.39 is 0 Å². The molecule has 0 aliphatic rings. The van der Waals surface area contributed by atoms with Gasteiger partial charge in [0.05, 0.1) is 11.7 Å². The first-order valence-corrected chi connectivity index (χ1v) is 9.45. The number of amides is 2. The van der Waals surface area contributed by atoms with Gasteiger partial charge in [0.15, 0.2) is 11.1 Å². The van der Waals surface area contributed by atoms with Gasteiger partial charge in [-0.05, 0) is 31.7 Å². The minimum atomic E-state index is -0.354. The van der Waals surface area contributed by atoms with Crippen LogP contribution in [0.25, 0.3) is 0 Å². The molecule has 2 aromatic rings. The Morgan fingerprint density at radius 1 is 1.35 bits per heavy atom. The van der Waals surface area contributed by atoms with Crippen LogP contribution in [0.5, 0.6) is 0 Å². The van der Waals surface area contributed by atoms with E-state index in [-0.39, 0.29) is 18.0 Å². The normalized spacial score (nSPS) is 12.6. The van der Waals surface area contributed by atoms with Gasteiger partial charge in [-0.25, -0.2) is 9.78 Å². The molecule has 1 aromatic heterocycles. The van der Waals surface area contributed by atoms with Crippen molar-refractivity contribution in [3.63, 3.8) is 0 Å². The number of guanidine groups is 1. The highest BCUT2D eigenvalue weighted by Gasteiger charge is 2.12. The molecule has 0 saturated carbocycles. The molecule has 140 valence electrons. The molecule has 0 spiro atoms. The molecule has 0 saturated heterocycles. The van der Waals surface area contributed by atoms with Crippen molar-refractivity contribution in [2.24, 2.45) is 10.7 Å². The minimum Gasteiger partial charge on any atom is -0.375 e. The molecule has 2 amide bonds. The summed E-state index contributed by atoms with van der Waals surface area (Å²) in [5.74, 6) is 0.117. The first kappa shape index (κ1) is 19.7. The van der Waals surface area contributed by atoms with Crippen molar-refractivity contribution in [3.8, 4) is 0 Å². The van der Waals surface area contributed by atoms with Gasteiger partial charge in [-0.15, -0.1) is 11.3 Å². The van der Waals surface area contributed by atoms with Crippen molar-refractivity contribution in [3.05, 3.63) is 46.5 Å². The van der Waals surface area contributed by atoms with Crippen LogP contribution in [-0.4, -0.2) is 23.5 Å². The van der Waals surface area contributed by atoms with Crippen molar-refractivity contribution in [1.82, 2.24) is 15.6 Å². The van der Waals surface area contributed by atoms with Crippen LogP contribution in [0.1, 0.15) is 41.9 Å². The number of hydrogen-bond acceptors (Lipinski definition) is 5. The lowest BCUT2D eigenvalue weighted by Crippen LogP contribution is -2.44. The molecule has 6 N–H and O–H groups in total. The minimum absolute atomic E-state index is 0.0660. The fourth-order valence-electron chi connectivity index (χ4n) is 2.58. The summed E-state index contributed by atoms with van der Waals surface area (Å²) in [6, 6.07) is 9.40. The molecule has 1 unspecified atom stereocenters. The number of carbonyl (C=O) groups is 1. The second-order valence-corrected chi connectivity index (χ2v) is 7.02. The van der Waals surface area contributed by atoms with Gasteiger partial charge in [0.25, 0.3) is 0 Å². The summed E-state index contributed by atoms with van der Waals surface area (Å²) in [6.07, 6.45) is 2.44. The number of nitrogens with two attached hydrogens (primary N) is 2. The third-order valence-electron chi connectivity index (χ3n) is 3.91. The summed E-state index contributed by atoms with van der Waals surface area (Å²) in [4.78, 5) is 21.6. The van der Waals surface area contributed by atoms with Gasteiger partial charge in [-0.3, -0.25) is 10.3 Å². The van der Waals surface area contributed by atoms with E-state index in [1.165, 1.54) is 11.3 Å². The van der Waals surface area contributed by atoms with Gasteiger partial charge in [0.2, 0.25) is 0 Å². The highest BCUT2D eigenvalue weighted by Crippen LogP contribution is 2.21. The standard InChI is InChI=1S/C18H26N6OS/c1-3-14(13-8-5-4-6-9-13)23-18(25)24-16(19)21-11-7-10-15-12(2)22-17(20)26-15/h4-6,8-9,14H,3,7,10-11H2,1-2H3,(H2,20,22)(H4,19,21,23,24,25). The Kier molecular flexibility index (Phi) is 7.40. The highest BCUT2D eigenvalue weighted by atomic mass is 32.1. The summed E-state index contributed by atoms with van der Waals surface area (Å²) in [5.41, 5.74) is 13.5. The zero-order valence-corrected chi connectivity index (χ0v) is 16.0. The summed E-state index contributed by atoms with van der Waals surface area (Å²) in [5, 5.41) is 6.07. The molecular weight excluding hydrogens is 348 g/mol. The largest absolute Gasteiger partial charge is 0.375 e. The Morgan fingerprint density at radius 3 is 2.69 bits per heavy atom. The van der Waals surface area contributed by atoms with Crippen LogP contribution in [0.3, 0.4) is 0 Å². The predicted molar refractivity (Wildman–Crippen MR) is 107 cm³/mol. The molecule has 1 heterocycles. The second kappa shape index (κ2) is 9.76. The number of rotatable bonds is 7. The van der Waals surface area contributed by atoms with E-state index in [0.29, 0.717) is 11.7 Å². The molecule has 1 aromatic carbocycles. The van der Waals surface area contributed by atoms with E-state index >= 15 is 0 Å². The van der Waals surface area contributed by atoms with Gasteiger partial charge >= 0.3 is 6.03 Å². The molecule has 26 heavy (non-hydrogen) atoms. The van der Waals surface area contributed by atoms with Crippen molar-refractivity contribution >= 4 is 28.5 Å². The maximum absolute atomic E-state index is 12.1. The fraction of sp³-hybridized carbons (Fsp3) is 0.389. The maximum atomic E-state index is 12.1. The summed E-state index contributed by atoms with van der Waals surface area (Å²) in [7, 11) is 0. The average molecular weight is 375 g/mol. The van der Waals surface area contributed by atoms with Gasteiger partial charge in [0, 0.05) is 11.4 Å². The second-order valence-electron chi connectivity index (χ2n) is 5.90.